The predicted molar refractivity (Wildman–Crippen MR) is 109 cm³/mol. The van der Waals surface area contributed by atoms with E-state index in [0.717, 1.165) is 23.0 Å². The molecule has 0 aromatic heterocycles. The molecule has 0 radical (unpaired) electrons. The summed E-state index contributed by atoms with van der Waals surface area (Å²) >= 11 is 0. The molecule has 0 aliphatic carbocycles. The molecule has 1 aliphatic heterocycles. The summed E-state index contributed by atoms with van der Waals surface area (Å²) < 4.78 is 0. The number of nitrogens with one attached hydrogen (secondary N) is 1. The SMILES string of the molecule is C[C@@H]1CCCCN1c1ccc(NC(=O)c2ccc3ccccc3c2)cc1. The third-order valence-electron chi connectivity index (χ3n) is 5.27. The predicted octanol–water partition coefficient (Wildman–Crippen LogP) is 5.47. The number of fused-ring (bicyclic) bond motifs is 1. The summed E-state index contributed by atoms with van der Waals surface area (Å²) in [6, 6.07) is 22.7. The van der Waals surface area contributed by atoms with Crippen molar-refractivity contribution >= 4 is 28.1 Å². The zero-order valence-electron chi connectivity index (χ0n) is 15.1. The molecule has 1 N–H and O–H groups in total. The van der Waals surface area contributed by atoms with Gasteiger partial charge in [0.15, 0.2) is 0 Å². The van der Waals surface area contributed by atoms with Crippen LogP contribution in [0.5, 0.6) is 0 Å². The van der Waals surface area contributed by atoms with Crippen LogP contribution in [-0.4, -0.2) is 18.5 Å². The van der Waals surface area contributed by atoms with Crippen molar-refractivity contribution in [3.05, 3.63) is 72.3 Å². The Bertz CT molecular complexity index is 917. The van der Waals surface area contributed by atoms with Gasteiger partial charge in [0.1, 0.15) is 0 Å². The molecule has 1 saturated heterocycles. The number of anilines is 2. The highest BCUT2D eigenvalue weighted by Crippen LogP contribution is 2.26. The van der Waals surface area contributed by atoms with Gasteiger partial charge in [0.2, 0.25) is 0 Å². The summed E-state index contributed by atoms with van der Waals surface area (Å²) in [4.78, 5) is 15.0. The molecule has 3 nitrogen and oxygen atoms in total. The minimum atomic E-state index is -0.0742. The third-order valence-corrected chi connectivity index (χ3v) is 5.27. The highest BCUT2D eigenvalue weighted by atomic mass is 16.1. The average molecular weight is 344 g/mol. The first-order valence-corrected chi connectivity index (χ1v) is 9.37. The van der Waals surface area contributed by atoms with Crippen LogP contribution in [0.3, 0.4) is 0 Å². The molecule has 0 saturated carbocycles. The minimum Gasteiger partial charge on any atom is -0.369 e. The van der Waals surface area contributed by atoms with E-state index >= 15 is 0 Å². The van der Waals surface area contributed by atoms with Crippen molar-refractivity contribution in [3.63, 3.8) is 0 Å². The highest BCUT2D eigenvalue weighted by Gasteiger charge is 2.18. The lowest BCUT2D eigenvalue weighted by Crippen LogP contribution is -2.37. The number of nitrogens with zero attached hydrogens (tertiary/aromatic N) is 1. The van der Waals surface area contributed by atoms with Crippen LogP contribution < -0.4 is 10.2 Å². The van der Waals surface area contributed by atoms with Gasteiger partial charge in [-0.1, -0.05) is 30.3 Å². The number of piperidine rings is 1. The summed E-state index contributed by atoms with van der Waals surface area (Å²) in [7, 11) is 0. The van der Waals surface area contributed by atoms with Crippen LogP contribution in [0.4, 0.5) is 11.4 Å². The van der Waals surface area contributed by atoms with Gasteiger partial charge in [-0.25, -0.2) is 0 Å². The van der Waals surface area contributed by atoms with Crippen molar-refractivity contribution in [1.82, 2.24) is 0 Å². The zero-order chi connectivity index (χ0) is 17.9. The monoisotopic (exact) mass is 344 g/mol. The van der Waals surface area contributed by atoms with Crippen molar-refractivity contribution in [1.29, 1.82) is 0 Å². The normalized spacial score (nSPS) is 17.3. The van der Waals surface area contributed by atoms with Crippen molar-refractivity contribution in [2.75, 3.05) is 16.8 Å². The Morgan fingerprint density at radius 3 is 2.50 bits per heavy atom. The quantitative estimate of drug-likeness (QED) is 0.683. The second kappa shape index (κ2) is 7.20. The average Bonchev–Trinajstić information content (AvgIpc) is 2.69. The van der Waals surface area contributed by atoms with Crippen molar-refractivity contribution in [3.8, 4) is 0 Å². The van der Waals surface area contributed by atoms with Gasteiger partial charge in [0, 0.05) is 29.5 Å². The Hall–Kier alpha value is -2.81. The van der Waals surface area contributed by atoms with Gasteiger partial charge >= 0.3 is 0 Å². The second-order valence-corrected chi connectivity index (χ2v) is 7.10. The van der Waals surface area contributed by atoms with Gasteiger partial charge in [-0.15, -0.1) is 0 Å². The Kier molecular flexibility index (Phi) is 4.61. The highest BCUT2D eigenvalue weighted by molar-refractivity contribution is 6.06. The topological polar surface area (TPSA) is 32.3 Å². The van der Waals surface area contributed by atoms with E-state index in [4.69, 9.17) is 0 Å². The Balaban J connectivity index is 1.48. The van der Waals surface area contributed by atoms with E-state index in [9.17, 15) is 4.79 Å². The molecule has 26 heavy (non-hydrogen) atoms. The molecule has 3 aromatic carbocycles. The maximum absolute atomic E-state index is 12.6. The third kappa shape index (κ3) is 3.43. The van der Waals surface area contributed by atoms with E-state index in [2.05, 4.69) is 35.3 Å². The standard InChI is InChI=1S/C23H24N2O/c1-17-6-4-5-15-25(17)22-13-11-21(12-14-22)24-23(26)20-10-9-18-7-2-3-8-19(18)16-20/h2-3,7-14,16-17H,4-6,15H2,1H3,(H,24,26)/t17-/m1/s1. The molecular formula is C23H24N2O. The van der Waals surface area contributed by atoms with E-state index in [-0.39, 0.29) is 5.91 Å². The number of amides is 1. The molecule has 132 valence electrons. The molecule has 4 rings (SSSR count). The zero-order valence-corrected chi connectivity index (χ0v) is 15.1. The lowest BCUT2D eigenvalue weighted by molar-refractivity contribution is 0.102. The van der Waals surface area contributed by atoms with Gasteiger partial charge in [-0.2, -0.15) is 0 Å². The summed E-state index contributed by atoms with van der Waals surface area (Å²) in [5.74, 6) is -0.0742. The van der Waals surface area contributed by atoms with Gasteiger partial charge in [-0.3, -0.25) is 4.79 Å². The van der Waals surface area contributed by atoms with Crippen molar-refractivity contribution in [2.45, 2.75) is 32.2 Å². The minimum absolute atomic E-state index is 0.0742. The number of carbonyl (C=O) groups excluding carboxylic acids is 1. The number of hydrogen-bond acceptors (Lipinski definition) is 2. The van der Waals surface area contributed by atoms with Gasteiger partial charge < -0.3 is 10.2 Å². The maximum atomic E-state index is 12.6. The lowest BCUT2D eigenvalue weighted by Gasteiger charge is -2.35. The molecule has 1 amide bonds. The lowest BCUT2D eigenvalue weighted by atomic mass is 10.0. The van der Waals surface area contributed by atoms with E-state index in [0.29, 0.717) is 11.6 Å². The van der Waals surface area contributed by atoms with E-state index < -0.39 is 0 Å². The number of benzene rings is 3. The van der Waals surface area contributed by atoms with Gasteiger partial charge in [0.05, 0.1) is 0 Å². The largest absolute Gasteiger partial charge is 0.369 e. The first kappa shape index (κ1) is 16.6. The fourth-order valence-electron chi connectivity index (χ4n) is 3.75. The summed E-state index contributed by atoms with van der Waals surface area (Å²) in [6.07, 6.45) is 3.82. The van der Waals surface area contributed by atoms with E-state index in [1.807, 2.05) is 48.5 Å². The molecule has 3 heteroatoms. The molecule has 0 unspecified atom stereocenters. The number of hydrogen-bond donors (Lipinski definition) is 1. The van der Waals surface area contributed by atoms with E-state index in [1.54, 1.807) is 0 Å². The van der Waals surface area contributed by atoms with Crippen molar-refractivity contribution in [2.24, 2.45) is 0 Å². The molecule has 3 aromatic rings. The first-order chi connectivity index (χ1) is 12.7. The van der Waals surface area contributed by atoms with Crippen LogP contribution in [0.25, 0.3) is 10.8 Å². The molecule has 1 heterocycles. The molecule has 1 atom stereocenters. The molecular weight excluding hydrogens is 320 g/mol. The summed E-state index contributed by atoms with van der Waals surface area (Å²) in [5.41, 5.74) is 2.75. The van der Waals surface area contributed by atoms with Gasteiger partial charge in [-0.05, 0) is 73.4 Å². The summed E-state index contributed by atoms with van der Waals surface area (Å²) in [6.45, 7) is 3.40. The number of carbonyl (C=O) groups is 1. The maximum Gasteiger partial charge on any atom is 0.255 e. The smallest absolute Gasteiger partial charge is 0.255 e. The van der Waals surface area contributed by atoms with E-state index in [1.165, 1.54) is 24.9 Å². The van der Waals surface area contributed by atoms with Crippen LogP contribution in [0, 0.1) is 0 Å². The van der Waals surface area contributed by atoms with Crippen LogP contribution in [0.15, 0.2) is 66.7 Å². The number of rotatable bonds is 3. The van der Waals surface area contributed by atoms with Crippen LogP contribution in [-0.2, 0) is 0 Å². The molecule has 1 aliphatic rings. The molecule has 0 spiro atoms. The first-order valence-electron chi connectivity index (χ1n) is 9.37. The fourth-order valence-corrected chi connectivity index (χ4v) is 3.75. The van der Waals surface area contributed by atoms with Crippen molar-refractivity contribution < 1.29 is 4.79 Å². The Morgan fingerprint density at radius 1 is 0.962 bits per heavy atom. The molecule has 0 bridgehead atoms. The second-order valence-electron chi connectivity index (χ2n) is 7.10. The molecule has 1 fully saturated rings. The summed E-state index contributed by atoms with van der Waals surface area (Å²) in [5, 5.41) is 5.23. The Labute approximate surface area is 154 Å². The van der Waals surface area contributed by atoms with Crippen LogP contribution in [0.1, 0.15) is 36.5 Å². The Morgan fingerprint density at radius 2 is 1.73 bits per heavy atom. The van der Waals surface area contributed by atoms with Gasteiger partial charge in [0.25, 0.3) is 5.91 Å². The van der Waals surface area contributed by atoms with Crippen LogP contribution in [0.2, 0.25) is 0 Å². The fraction of sp³-hybridized carbons (Fsp3) is 0.261. The van der Waals surface area contributed by atoms with Crippen LogP contribution >= 0.6 is 0 Å².